The van der Waals surface area contributed by atoms with Crippen molar-refractivity contribution in [1.82, 2.24) is 0 Å². The molecule has 1 unspecified atom stereocenters. The molecule has 0 N–H and O–H groups in total. The van der Waals surface area contributed by atoms with Crippen molar-refractivity contribution in [3.63, 3.8) is 0 Å². The number of nitriles is 1. The van der Waals surface area contributed by atoms with Crippen LogP contribution in [0, 0.1) is 11.3 Å². The molecule has 1 rings (SSSR count). The fourth-order valence-electron chi connectivity index (χ4n) is 2.23. The summed E-state index contributed by atoms with van der Waals surface area (Å²) in [5.74, 6) is 1.20. The van der Waals surface area contributed by atoms with Crippen molar-refractivity contribution in [2.75, 3.05) is 5.75 Å². The van der Waals surface area contributed by atoms with E-state index in [-0.39, 0.29) is 4.75 Å². The second kappa shape index (κ2) is 7.17. The third-order valence-corrected chi connectivity index (χ3v) is 4.79. The minimum atomic E-state index is 0.00472. The Morgan fingerprint density at radius 3 is 2.53 bits per heavy atom. The van der Waals surface area contributed by atoms with Crippen LogP contribution in [-0.4, -0.2) is 10.5 Å². The Morgan fingerprint density at radius 1 is 1.20 bits per heavy atom. The summed E-state index contributed by atoms with van der Waals surface area (Å²) in [5, 5.41) is 9.19. The first-order chi connectivity index (χ1) is 7.33. The molecule has 1 aliphatic heterocycles. The zero-order valence-corrected chi connectivity index (χ0v) is 10.7. The first-order valence-corrected chi connectivity index (χ1v) is 7.37. The SMILES string of the molecule is CCCCCCCCC1(C#N)CCCS1. The van der Waals surface area contributed by atoms with Crippen LogP contribution in [0.1, 0.15) is 64.7 Å². The van der Waals surface area contributed by atoms with Gasteiger partial charge in [0.15, 0.2) is 0 Å². The average molecular weight is 225 g/mol. The van der Waals surface area contributed by atoms with E-state index >= 15 is 0 Å². The molecule has 1 saturated heterocycles. The maximum Gasteiger partial charge on any atom is 0.102 e. The van der Waals surface area contributed by atoms with Crippen LogP contribution in [0.4, 0.5) is 0 Å². The van der Waals surface area contributed by atoms with E-state index < -0.39 is 0 Å². The van der Waals surface area contributed by atoms with Gasteiger partial charge in [0, 0.05) is 0 Å². The Balaban J connectivity index is 2.06. The van der Waals surface area contributed by atoms with Crippen LogP contribution in [-0.2, 0) is 0 Å². The molecule has 1 fully saturated rings. The molecule has 0 radical (unpaired) electrons. The van der Waals surface area contributed by atoms with Crippen LogP contribution < -0.4 is 0 Å². The summed E-state index contributed by atoms with van der Waals surface area (Å²) < 4.78 is 0.00472. The number of hydrogen-bond donors (Lipinski definition) is 0. The number of thioether (sulfide) groups is 1. The summed E-state index contributed by atoms with van der Waals surface area (Å²) in [6.45, 7) is 2.25. The molecule has 1 nitrogen and oxygen atoms in total. The largest absolute Gasteiger partial charge is 0.197 e. The van der Waals surface area contributed by atoms with E-state index in [9.17, 15) is 5.26 Å². The van der Waals surface area contributed by atoms with E-state index in [4.69, 9.17) is 0 Å². The number of rotatable bonds is 7. The molecule has 1 heterocycles. The molecule has 0 aromatic heterocycles. The highest BCUT2D eigenvalue weighted by atomic mass is 32.2. The summed E-state index contributed by atoms with van der Waals surface area (Å²) in [7, 11) is 0. The van der Waals surface area contributed by atoms with Gasteiger partial charge in [-0.3, -0.25) is 0 Å². The maximum atomic E-state index is 9.19. The van der Waals surface area contributed by atoms with Crippen LogP contribution in [0.15, 0.2) is 0 Å². The van der Waals surface area contributed by atoms with E-state index in [1.807, 2.05) is 11.8 Å². The molecule has 1 atom stereocenters. The van der Waals surface area contributed by atoms with Gasteiger partial charge in [-0.2, -0.15) is 5.26 Å². The smallest absolute Gasteiger partial charge is 0.102 e. The second-order valence-electron chi connectivity index (χ2n) is 4.58. The highest BCUT2D eigenvalue weighted by Crippen LogP contribution is 2.41. The van der Waals surface area contributed by atoms with Gasteiger partial charge < -0.3 is 0 Å². The van der Waals surface area contributed by atoms with Crippen LogP contribution in [0.5, 0.6) is 0 Å². The van der Waals surface area contributed by atoms with Gasteiger partial charge in [-0.1, -0.05) is 45.4 Å². The Kier molecular flexibility index (Phi) is 6.17. The van der Waals surface area contributed by atoms with Crippen molar-refractivity contribution < 1.29 is 0 Å². The van der Waals surface area contributed by atoms with Gasteiger partial charge >= 0.3 is 0 Å². The summed E-state index contributed by atoms with van der Waals surface area (Å²) in [4.78, 5) is 0. The Hall–Kier alpha value is -0.160. The lowest BCUT2D eigenvalue weighted by Crippen LogP contribution is -2.17. The van der Waals surface area contributed by atoms with Gasteiger partial charge in [0.2, 0.25) is 0 Å². The maximum absolute atomic E-state index is 9.19. The second-order valence-corrected chi connectivity index (χ2v) is 6.05. The van der Waals surface area contributed by atoms with Crippen LogP contribution in [0.25, 0.3) is 0 Å². The highest BCUT2D eigenvalue weighted by Gasteiger charge is 2.33. The zero-order valence-electron chi connectivity index (χ0n) is 9.93. The monoisotopic (exact) mass is 225 g/mol. The molecule has 0 bridgehead atoms. The Bertz CT molecular complexity index is 201. The van der Waals surface area contributed by atoms with E-state index in [0.717, 1.165) is 12.8 Å². The lowest BCUT2D eigenvalue weighted by Gasteiger charge is -2.18. The van der Waals surface area contributed by atoms with Gasteiger partial charge in [-0.15, -0.1) is 11.8 Å². The standard InChI is InChI=1S/C13H23NS/c1-2-3-4-5-6-7-9-13(12-14)10-8-11-15-13/h2-11H2,1H3. The van der Waals surface area contributed by atoms with Gasteiger partial charge in [0.1, 0.15) is 4.75 Å². The Labute approximate surface area is 98.6 Å². The van der Waals surface area contributed by atoms with Crippen LogP contribution >= 0.6 is 11.8 Å². The van der Waals surface area contributed by atoms with Crippen molar-refractivity contribution >= 4 is 11.8 Å². The molecule has 15 heavy (non-hydrogen) atoms. The van der Waals surface area contributed by atoms with Crippen molar-refractivity contribution in [3.8, 4) is 6.07 Å². The molecule has 0 spiro atoms. The molecule has 2 heteroatoms. The highest BCUT2D eigenvalue weighted by molar-refractivity contribution is 8.01. The minimum absolute atomic E-state index is 0.00472. The molecule has 86 valence electrons. The van der Waals surface area contributed by atoms with Gasteiger partial charge in [-0.05, 0) is 25.0 Å². The van der Waals surface area contributed by atoms with Gasteiger partial charge in [0.05, 0.1) is 6.07 Å². The molecule has 0 aromatic carbocycles. The van der Waals surface area contributed by atoms with Crippen molar-refractivity contribution in [3.05, 3.63) is 0 Å². The fraction of sp³-hybridized carbons (Fsp3) is 0.923. The van der Waals surface area contributed by atoms with E-state index in [2.05, 4.69) is 13.0 Å². The first kappa shape index (κ1) is 12.9. The van der Waals surface area contributed by atoms with E-state index in [0.29, 0.717) is 0 Å². The van der Waals surface area contributed by atoms with Gasteiger partial charge in [-0.25, -0.2) is 0 Å². The van der Waals surface area contributed by atoms with E-state index in [1.165, 1.54) is 50.7 Å². The lowest BCUT2D eigenvalue weighted by molar-refractivity contribution is 0.540. The van der Waals surface area contributed by atoms with Gasteiger partial charge in [0.25, 0.3) is 0 Å². The normalized spacial score (nSPS) is 25.3. The number of unbranched alkanes of at least 4 members (excludes halogenated alkanes) is 5. The van der Waals surface area contributed by atoms with Crippen molar-refractivity contribution in [1.29, 1.82) is 5.26 Å². The van der Waals surface area contributed by atoms with Crippen molar-refractivity contribution in [2.45, 2.75) is 69.5 Å². The van der Waals surface area contributed by atoms with Crippen LogP contribution in [0.3, 0.4) is 0 Å². The molecule has 0 amide bonds. The first-order valence-electron chi connectivity index (χ1n) is 6.38. The third-order valence-electron chi connectivity index (χ3n) is 3.24. The predicted octanol–water partition coefficient (Wildman–Crippen LogP) is 4.53. The van der Waals surface area contributed by atoms with Crippen LogP contribution in [0.2, 0.25) is 0 Å². The number of nitrogens with zero attached hydrogens (tertiary/aromatic N) is 1. The zero-order chi connectivity index (χ0) is 11.0. The summed E-state index contributed by atoms with van der Waals surface area (Å²) >= 11 is 1.90. The molecular formula is C13H23NS. The fourth-order valence-corrected chi connectivity index (χ4v) is 3.55. The molecule has 0 aromatic rings. The third kappa shape index (κ3) is 4.47. The molecule has 0 saturated carbocycles. The molecule has 0 aliphatic carbocycles. The van der Waals surface area contributed by atoms with Crippen molar-refractivity contribution in [2.24, 2.45) is 0 Å². The lowest BCUT2D eigenvalue weighted by atomic mass is 9.97. The topological polar surface area (TPSA) is 23.8 Å². The summed E-state index contributed by atoms with van der Waals surface area (Å²) in [5.41, 5.74) is 0. The summed E-state index contributed by atoms with van der Waals surface area (Å²) in [6, 6.07) is 2.54. The average Bonchev–Trinajstić information content (AvgIpc) is 2.73. The number of hydrogen-bond acceptors (Lipinski definition) is 2. The molecular weight excluding hydrogens is 202 g/mol. The Morgan fingerprint density at radius 2 is 1.93 bits per heavy atom. The minimum Gasteiger partial charge on any atom is -0.197 e. The molecule has 1 aliphatic rings. The summed E-state index contributed by atoms with van der Waals surface area (Å²) in [6.07, 6.45) is 11.5. The van der Waals surface area contributed by atoms with E-state index in [1.54, 1.807) is 0 Å². The predicted molar refractivity (Wildman–Crippen MR) is 68.0 cm³/mol. The quantitative estimate of drug-likeness (QED) is 0.594.